The molecule has 1 N–H and O–H groups in total. The summed E-state index contributed by atoms with van der Waals surface area (Å²) in [6.45, 7) is 1.05. The van der Waals surface area contributed by atoms with Crippen LogP contribution >= 0.6 is 0 Å². The summed E-state index contributed by atoms with van der Waals surface area (Å²) >= 11 is 0. The number of rotatable bonds is 2. The number of carbonyl (C=O) groups is 1. The number of esters is 1. The van der Waals surface area contributed by atoms with Gasteiger partial charge in [-0.3, -0.25) is 9.35 Å². The first-order valence-electron chi connectivity index (χ1n) is 2.00. The van der Waals surface area contributed by atoms with E-state index in [1.54, 1.807) is 0 Å². The van der Waals surface area contributed by atoms with Gasteiger partial charge in [-0.1, -0.05) is 0 Å². The Morgan fingerprint density at radius 2 is 2.00 bits per heavy atom. The number of ether oxygens (including phenoxy) is 1. The monoisotopic (exact) mass is 194 g/mol. The minimum absolute atomic E-state index is 0. The van der Waals surface area contributed by atoms with Crippen molar-refractivity contribution in [2.75, 3.05) is 5.94 Å². The Morgan fingerprint density at radius 1 is 1.60 bits per heavy atom. The van der Waals surface area contributed by atoms with E-state index in [0.29, 0.717) is 0 Å². The predicted molar refractivity (Wildman–Crippen MR) is 35.3 cm³/mol. The molecule has 56 valence electrons. The fraction of sp³-hybridized carbons (Fsp3) is 0.667. The number of carbonyl (C=O) groups excluding carboxylic acids is 1. The van der Waals surface area contributed by atoms with Crippen LogP contribution in [-0.2, 0) is 19.6 Å². The van der Waals surface area contributed by atoms with Gasteiger partial charge in [-0.2, -0.15) is 8.42 Å². The van der Waals surface area contributed by atoms with Crippen LogP contribution in [0.1, 0.15) is 6.92 Å². The molecule has 0 aromatic carbocycles. The maximum absolute atomic E-state index is 9.89. The molecular formula is C3H7KO5S. The molecular weight excluding hydrogens is 187 g/mol. The Kier molecular flexibility index (Phi) is 7.67. The Labute approximate surface area is 101 Å². The van der Waals surface area contributed by atoms with Gasteiger partial charge in [-0.05, 0) is 0 Å². The number of hydrogen-bond donors (Lipinski definition) is 1. The van der Waals surface area contributed by atoms with Crippen LogP contribution in [0.5, 0.6) is 0 Å². The first-order chi connectivity index (χ1) is 3.92. The Balaban J connectivity index is 0. The van der Waals surface area contributed by atoms with Gasteiger partial charge in [-0.25, -0.2) is 0 Å². The van der Waals surface area contributed by atoms with E-state index >= 15 is 0 Å². The van der Waals surface area contributed by atoms with Crippen molar-refractivity contribution in [3.8, 4) is 0 Å². The molecule has 7 heteroatoms. The minimum atomic E-state index is -4.16. The van der Waals surface area contributed by atoms with Gasteiger partial charge in [0.1, 0.15) is 0 Å². The normalized spacial score (nSPS) is 9.80. The average molecular weight is 194 g/mol. The topological polar surface area (TPSA) is 80.7 Å². The van der Waals surface area contributed by atoms with E-state index in [1.807, 2.05) is 0 Å². The SMILES string of the molecule is CC(=O)OCS(=O)(=O)O.[KH]. The first-order valence-corrected chi connectivity index (χ1v) is 3.61. The van der Waals surface area contributed by atoms with Crippen LogP contribution in [0.15, 0.2) is 0 Å². The predicted octanol–water partition coefficient (Wildman–Crippen LogP) is -1.25. The van der Waals surface area contributed by atoms with Crippen LogP contribution in [0.4, 0.5) is 0 Å². The molecule has 0 amide bonds. The fourth-order valence-electron chi connectivity index (χ4n) is 0.157. The first kappa shape index (κ1) is 13.6. The molecule has 0 spiro atoms. The van der Waals surface area contributed by atoms with Gasteiger partial charge >= 0.3 is 67.5 Å². The molecule has 0 radical (unpaired) electrons. The average Bonchev–Trinajstić information content (AvgIpc) is 1.59. The van der Waals surface area contributed by atoms with Crippen LogP contribution in [0.3, 0.4) is 0 Å². The maximum atomic E-state index is 9.89. The van der Waals surface area contributed by atoms with E-state index in [4.69, 9.17) is 4.55 Å². The van der Waals surface area contributed by atoms with Gasteiger partial charge in [0.05, 0.1) is 0 Å². The molecule has 0 aliphatic carbocycles. The van der Waals surface area contributed by atoms with Gasteiger partial charge in [0.15, 0.2) is 0 Å². The van der Waals surface area contributed by atoms with E-state index in [0.717, 1.165) is 6.92 Å². The molecule has 0 aliphatic rings. The van der Waals surface area contributed by atoms with E-state index < -0.39 is 22.0 Å². The molecule has 5 nitrogen and oxygen atoms in total. The Bertz CT molecular complexity index is 195. The van der Waals surface area contributed by atoms with Crippen molar-refractivity contribution in [3.05, 3.63) is 0 Å². The van der Waals surface area contributed by atoms with Crippen molar-refractivity contribution in [1.29, 1.82) is 0 Å². The van der Waals surface area contributed by atoms with Crippen molar-refractivity contribution < 1.29 is 22.5 Å². The summed E-state index contributed by atoms with van der Waals surface area (Å²) in [6.07, 6.45) is 0. The van der Waals surface area contributed by atoms with Gasteiger partial charge in [0, 0.05) is 6.92 Å². The third-order valence-electron chi connectivity index (χ3n) is 0.411. The van der Waals surface area contributed by atoms with Crippen LogP contribution in [0.25, 0.3) is 0 Å². The van der Waals surface area contributed by atoms with E-state index in [-0.39, 0.29) is 51.4 Å². The third-order valence-corrected chi connectivity index (χ3v) is 0.827. The van der Waals surface area contributed by atoms with E-state index in [2.05, 4.69) is 4.74 Å². The zero-order valence-corrected chi connectivity index (χ0v) is 5.51. The van der Waals surface area contributed by atoms with Crippen LogP contribution in [-0.4, -0.2) is 76.3 Å². The van der Waals surface area contributed by atoms with E-state index in [1.165, 1.54) is 0 Å². The molecule has 10 heavy (non-hydrogen) atoms. The second kappa shape index (κ2) is 5.64. The van der Waals surface area contributed by atoms with Gasteiger partial charge in [0.2, 0.25) is 5.94 Å². The standard InChI is InChI=1S/C3H6O5S.K.H/c1-3(4)8-2-9(5,6)7;;/h2H2,1H3,(H,5,6,7);;. The molecule has 0 saturated carbocycles. The summed E-state index contributed by atoms with van der Waals surface area (Å²) in [7, 11) is -4.16. The second-order valence-electron chi connectivity index (χ2n) is 1.34. The fourth-order valence-corrected chi connectivity index (χ4v) is 0.472. The van der Waals surface area contributed by atoms with E-state index in [9.17, 15) is 13.2 Å². The zero-order valence-electron chi connectivity index (χ0n) is 4.70. The Morgan fingerprint density at radius 3 is 2.10 bits per heavy atom. The van der Waals surface area contributed by atoms with Gasteiger partial charge < -0.3 is 4.74 Å². The van der Waals surface area contributed by atoms with Crippen molar-refractivity contribution in [2.24, 2.45) is 0 Å². The molecule has 0 fully saturated rings. The summed E-state index contributed by atoms with van der Waals surface area (Å²) in [5.41, 5.74) is 0. The van der Waals surface area contributed by atoms with Gasteiger partial charge in [0.25, 0.3) is 0 Å². The van der Waals surface area contributed by atoms with Crippen molar-refractivity contribution >= 4 is 67.5 Å². The summed E-state index contributed by atoms with van der Waals surface area (Å²) in [6, 6.07) is 0. The second-order valence-corrected chi connectivity index (χ2v) is 2.74. The molecule has 0 bridgehead atoms. The molecule has 0 aliphatic heterocycles. The molecule has 0 heterocycles. The van der Waals surface area contributed by atoms with Crippen molar-refractivity contribution in [1.82, 2.24) is 0 Å². The third kappa shape index (κ3) is 11.8. The van der Waals surface area contributed by atoms with Crippen LogP contribution < -0.4 is 0 Å². The molecule has 0 rings (SSSR count). The van der Waals surface area contributed by atoms with Crippen LogP contribution in [0.2, 0.25) is 0 Å². The molecule has 0 atom stereocenters. The quantitative estimate of drug-likeness (QED) is 0.337. The number of hydrogen-bond acceptors (Lipinski definition) is 4. The van der Waals surface area contributed by atoms with Gasteiger partial charge in [-0.15, -0.1) is 0 Å². The summed E-state index contributed by atoms with van der Waals surface area (Å²) < 4.78 is 31.5. The van der Waals surface area contributed by atoms with Crippen molar-refractivity contribution in [2.45, 2.75) is 6.92 Å². The molecule has 0 aromatic heterocycles. The van der Waals surface area contributed by atoms with Crippen molar-refractivity contribution in [3.63, 3.8) is 0 Å². The van der Waals surface area contributed by atoms with Crippen LogP contribution in [0, 0.1) is 0 Å². The molecule has 0 aromatic rings. The summed E-state index contributed by atoms with van der Waals surface area (Å²) in [5.74, 6) is -1.71. The molecule has 0 unspecified atom stereocenters. The summed E-state index contributed by atoms with van der Waals surface area (Å²) in [5, 5.41) is 0. The zero-order chi connectivity index (χ0) is 7.49. The summed E-state index contributed by atoms with van der Waals surface area (Å²) in [4.78, 5) is 9.89. The Hall–Kier alpha value is 1.02. The molecule has 0 saturated heterocycles.